The van der Waals surface area contributed by atoms with E-state index in [0.29, 0.717) is 16.3 Å². The van der Waals surface area contributed by atoms with Crippen molar-refractivity contribution in [3.8, 4) is 22.5 Å². The van der Waals surface area contributed by atoms with Crippen molar-refractivity contribution in [2.75, 3.05) is 0 Å². The van der Waals surface area contributed by atoms with Gasteiger partial charge in [-0.1, -0.05) is 46.8 Å². The van der Waals surface area contributed by atoms with E-state index in [0.717, 1.165) is 22.5 Å². The van der Waals surface area contributed by atoms with Gasteiger partial charge in [-0.3, -0.25) is 0 Å². The molecular weight excluding hydrogens is 338 g/mol. The summed E-state index contributed by atoms with van der Waals surface area (Å²) in [6.45, 7) is 0. The molecule has 4 rings (SSSR count). The standard InChI is InChI=1S/C13H9N5O3S2/c14-23(19,20)13-16-18-10(6-15-12(18)22-13)11-9(7-21-17-11)8-4-2-1-3-5-8/h1-7H,(H2,14,19,20). The number of nitrogens with two attached hydrogens (primary N) is 1. The molecule has 0 bridgehead atoms. The zero-order valence-electron chi connectivity index (χ0n) is 11.4. The van der Waals surface area contributed by atoms with Crippen LogP contribution in [0.5, 0.6) is 0 Å². The Labute approximate surface area is 134 Å². The lowest BCUT2D eigenvalue weighted by Gasteiger charge is -1.99. The van der Waals surface area contributed by atoms with Crippen LogP contribution in [0.15, 0.2) is 51.7 Å². The SMILES string of the molecule is NS(=O)(=O)c1nn2c(-c3nocc3-c3ccccc3)cnc2s1. The number of aromatic nitrogens is 4. The Kier molecular flexibility index (Phi) is 3.04. The first-order chi connectivity index (χ1) is 11.0. The molecule has 0 fully saturated rings. The van der Waals surface area contributed by atoms with Gasteiger partial charge >= 0.3 is 0 Å². The summed E-state index contributed by atoms with van der Waals surface area (Å²) < 4.78 is 29.2. The predicted molar refractivity (Wildman–Crippen MR) is 83.2 cm³/mol. The summed E-state index contributed by atoms with van der Waals surface area (Å²) in [5.74, 6) is 0. The van der Waals surface area contributed by atoms with Crippen LogP contribution < -0.4 is 5.14 Å². The maximum absolute atomic E-state index is 11.4. The van der Waals surface area contributed by atoms with Crippen LogP contribution in [-0.4, -0.2) is 28.2 Å². The second-order valence-electron chi connectivity index (χ2n) is 4.69. The Morgan fingerprint density at radius 3 is 2.74 bits per heavy atom. The molecule has 0 saturated heterocycles. The number of fused-ring (bicyclic) bond motifs is 1. The summed E-state index contributed by atoms with van der Waals surface area (Å²) in [5, 5.41) is 13.1. The number of primary sulfonamides is 1. The van der Waals surface area contributed by atoms with Gasteiger partial charge in [0.25, 0.3) is 10.0 Å². The van der Waals surface area contributed by atoms with Crippen LogP contribution in [0, 0.1) is 0 Å². The van der Waals surface area contributed by atoms with Crippen LogP contribution in [0.1, 0.15) is 0 Å². The fraction of sp³-hybridized carbons (Fsp3) is 0. The lowest BCUT2D eigenvalue weighted by atomic mass is 10.1. The van der Waals surface area contributed by atoms with Gasteiger partial charge in [-0.2, -0.15) is 0 Å². The molecule has 0 aliphatic heterocycles. The molecule has 3 heterocycles. The Morgan fingerprint density at radius 1 is 1.22 bits per heavy atom. The third-order valence-corrected chi connectivity index (χ3v) is 5.44. The number of hydrogen-bond acceptors (Lipinski definition) is 7. The number of hydrogen-bond donors (Lipinski definition) is 1. The van der Waals surface area contributed by atoms with Gasteiger partial charge in [-0.25, -0.2) is 23.1 Å². The van der Waals surface area contributed by atoms with Crippen molar-refractivity contribution < 1.29 is 12.9 Å². The molecular formula is C13H9N5O3S2. The highest BCUT2D eigenvalue weighted by Gasteiger charge is 2.21. The van der Waals surface area contributed by atoms with Crippen molar-refractivity contribution in [1.82, 2.24) is 19.8 Å². The van der Waals surface area contributed by atoms with Crippen molar-refractivity contribution in [2.24, 2.45) is 5.14 Å². The molecule has 1 aromatic carbocycles. The van der Waals surface area contributed by atoms with E-state index in [1.54, 1.807) is 6.20 Å². The molecule has 116 valence electrons. The molecule has 0 unspecified atom stereocenters. The van der Waals surface area contributed by atoms with E-state index in [1.807, 2.05) is 30.3 Å². The maximum Gasteiger partial charge on any atom is 0.267 e. The number of rotatable bonds is 3. The topological polar surface area (TPSA) is 116 Å². The number of benzene rings is 1. The lowest BCUT2D eigenvalue weighted by molar-refractivity contribution is 0.422. The van der Waals surface area contributed by atoms with Crippen LogP contribution in [-0.2, 0) is 10.0 Å². The minimum absolute atomic E-state index is 0.202. The molecule has 2 N–H and O–H groups in total. The quantitative estimate of drug-likeness (QED) is 0.603. The van der Waals surface area contributed by atoms with Gasteiger partial charge in [0.15, 0.2) is 0 Å². The van der Waals surface area contributed by atoms with Gasteiger partial charge in [0, 0.05) is 0 Å². The van der Waals surface area contributed by atoms with Gasteiger partial charge in [0.2, 0.25) is 9.30 Å². The van der Waals surface area contributed by atoms with E-state index in [1.165, 1.54) is 10.8 Å². The van der Waals surface area contributed by atoms with E-state index < -0.39 is 10.0 Å². The van der Waals surface area contributed by atoms with E-state index in [-0.39, 0.29) is 4.34 Å². The lowest BCUT2D eigenvalue weighted by Crippen LogP contribution is -2.12. The highest BCUT2D eigenvalue weighted by molar-refractivity contribution is 7.91. The Bertz CT molecular complexity index is 1100. The van der Waals surface area contributed by atoms with Crippen LogP contribution in [0.3, 0.4) is 0 Å². The van der Waals surface area contributed by atoms with E-state index in [4.69, 9.17) is 9.66 Å². The second kappa shape index (κ2) is 4.98. The molecule has 4 aromatic rings. The van der Waals surface area contributed by atoms with Crippen molar-refractivity contribution in [3.63, 3.8) is 0 Å². The summed E-state index contributed by atoms with van der Waals surface area (Å²) in [6, 6.07) is 9.56. The molecule has 10 heteroatoms. The highest BCUT2D eigenvalue weighted by atomic mass is 32.2. The summed E-state index contributed by atoms with van der Waals surface area (Å²) in [4.78, 5) is 4.57. The number of nitrogens with zero attached hydrogens (tertiary/aromatic N) is 4. The van der Waals surface area contributed by atoms with E-state index >= 15 is 0 Å². The average molecular weight is 347 g/mol. The average Bonchev–Trinajstić information content (AvgIpc) is 3.22. The summed E-state index contributed by atoms with van der Waals surface area (Å²) in [6.07, 6.45) is 3.09. The van der Waals surface area contributed by atoms with Crippen molar-refractivity contribution >= 4 is 26.3 Å². The Morgan fingerprint density at radius 2 is 2.00 bits per heavy atom. The van der Waals surface area contributed by atoms with Gasteiger partial charge in [-0.15, -0.1) is 5.10 Å². The van der Waals surface area contributed by atoms with Crippen molar-refractivity contribution in [2.45, 2.75) is 4.34 Å². The molecule has 0 atom stereocenters. The van der Waals surface area contributed by atoms with Crippen molar-refractivity contribution in [1.29, 1.82) is 0 Å². The minimum atomic E-state index is -3.88. The summed E-state index contributed by atoms with van der Waals surface area (Å²) >= 11 is 0.893. The Hall–Kier alpha value is -2.56. The van der Waals surface area contributed by atoms with Crippen LogP contribution in [0.2, 0.25) is 0 Å². The smallest absolute Gasteiger partial charge is 0.267 e. The van der Waals surface area contributed by atoms with Crippen LogP contribution in [0.4, 0.5) is 0 Å². The molecule has 8 nitrogen and oxygen atoms in total. The zero-order valence-corrected chi connectivity index (χ0v) is 13.1. The largest absolute Gasteiger partial charge is 0.363 e. The maximum atomic E-state index is 11.4. The van der Waals surface area contributed by atoms with Gasteiger partial charge in [0.05, 0.1) is 11.8 Å². The molecule has 3 aromatic heterocycles. The molecule has 0 aliphatic rings. The normalized spacial score (nSPS) is 12.0. The fourth-order valence-corrected chi connectivity index (χ4v) is 3.69. The third kappa shape index (κ3) is 2.32. The first-order valence-corrected chi connectivity index (χ1v) is 8.78. The first kappa shape index (κ1) is 14.1. The molecule has 23 heavy (non-hydrogen) atoms. The predicted octanol–water partition coefficient (Wildman–Crippen LogP) is 1.76. The first-order valence-electron chi connectivity index (χ1n) is 6.41. The van der Waals surface area contributed by atoms with Gasteiger partial charge < -0.3 is 4.52 Å². The van der Waals surface area contributed by atoms with E-state index in [2.05, 4.69) is 15.2 Å². The van der Waals surface area contributed by atoms with Crippen molar-refractivity contribution in [3.05, 3.63) is 42.8 Å². The zero-order chi connectivity index (χ0) is 16.0. The second-order valence-corrected chi connectivity index (χ2v) is 7.38. The fourth-order valence-electron chi connectivity index (χ4n) is 2.20. The molecule has 0 radical (unpaired) electrons. The molecule has 0 saturated carbocycles. The van der Waals surface area contributed by atoms with Crippen LogP contribution >= 0.6 is 11.3 Å². The van der Waals surface area contributed by atoms with E-state index in [9.17, 15) is 8.42 Å². The summed E-state index contributed by atoms with van der Waals surface area (Å²) in [7, 11) is -3.88. The number of sulfonamides is 1. The monoisotopic (exact) mass is 347 g/mol. The van der Waals surface area contributed by atoms with Gasteiger partial charge in [-0.05, 0) is 5.56 Å². The van der Waals surface area contributed by atoms with Crippen LogP contribution in [0.25, 0.3) is 27.5 Å². The minimum Gasteiger partial charge on any atom is -0.363 e. The molecule has 0 spiro atoms. The number of imidazole rings is 1. The third-order valence-electron chi connectivity index (χ3n) is 3.21. The molecule has 0 aliphatic carbocycles. The Balaban J connectivity index is 1.91. The van der Waals surface area contributed by atoms with Gasteiger partial charge in [0.1, 0.15) is 17.7 Å². The highest BCUT2D eigenvalue weighted by Crippen LogP contribution is 2.32. The molecule has 0 amide bonds. The summed E-state index contributed by atoms with van der Waals surface area (Å²) in [5.41, 5.74) is 2.73.